The summed E-state index contributed by atoms with van der Waals surface area (Å²) in [4.78, 5) is 12.5. The molecule has 2 N–H and O–H groups in total. The van der Waals surface area contributed by atoms with Crippen LogP contribution in [0, 0.1) is 0 Å². The van der Waals surface area contributed by atoms with Gasteiger partial charge in [0.05, 0.1) is 0 Å². The van der Waals surface area contributed by atoms with Gasteiger partial charge in [0.25, 0.3) is 5.91 Å². The van der Waals surface area contributed by atoms with Crippen molar-refractivity contribution in [3.05, 3.63) is 77.4 Å². The van der Waals surface area contributed by atoms with E-state index >= 15 is 0 Å². The van der Waals surface area contributed by atoms with Crippen molar-refractivity contribution in [1.29, 1.82) is 0 Å². The molecule has 1 aliphatic rings. The van der Waals surface area contributed by atoms with Crippen molar-refractivity contribution in [3.8, 4) is 0 Å². The molecule has 0 atom stereocenters. The summed E-state index contributed by atoms with van der Waals surface area (Å²) in [6.45, 7) is 1.93. The first kappa shape index (κ1) is 14.5. The highest BCUT2D eigenvalue weighted by Crippen LogP contribution is 2.23. The number of benzene rings is 2. The van der Waals surface area contributed by atoms with Gasteiger partial charge >= 0.3 is 0 Å². The molecule has 0 bridgehead atoms. The van der Waals surface area contributed by atoms with Crippen LogP contribution in [0.2, 0.25) is 0 Å². The highest BCUT2D eigenvalue weighted by molar-refractivity contribution is 5.99. The normalized spacial score (nSPS) is 14.5. The molecule has 0 aliphatic carbocycles. The molecule has 3 rings (SSSR count). The Morgan fingerprint density at radius 1 is 0.818 bits per heavy atom. The summed E-state index contributed by atoms with van der Waals surface area (Å²) in [6.07, 6.45) is 1.94. The minimum Gasteiger partial charge on any atom is -0.321 e. The first-order chi connectivity index (χ1) is 10.8. The van der Waals surface area contributed by atoms with E-state index in [1.807, 2.05) is 48.5 Å². The molecule has 0 saturated carbocycles. The number of carbonyl (C=O) groups is 1. The summed E-state index contributed by atoms with van der Waals surface area (Å²) in [6, 6.07) is 19.5. The second-order valence-electron chi connectivity index (χ2n) is 5.41. The van der Waals surface area contributed by atoms with E-state index in [0.717, 1.165) is 37.2 Å². The fourth-order valence-electron chi connectivity index (χ4n) is 2.72. The van der Waals surface area contributed by atoms with Gasteiger partial charge in [-0.1, -0.05) is 48.5 Å². The van der Waals surface area contributed by atoms with Gasteiger partial charge < -0.3 is 10.6 Å². The summed E-state index contributed by atoms with van der Waals surface area (Å²) in [5.41, 5.74) is 4.04. The van der Waals surface area contributed by atoms with Crippen LogP contribution < -0.4 is 10.6 Å². The summed E-state index contributed by atoms with van der Waals surface area (Å²) in [5.74, 6) is -0.0505. The molecule has 1 heterocycles. The minimum absolute atomic E-state index is 0.0505. The number of rotatable bonds is 3. The smallest absolute Gasteiger partial charge is 0.255 e. The molecule has 3 nitrogen and oxygen atoms in total. The van der Waals surface area contributed by atoms with Crippen molar-refractivity contribution in [2.75, 3.05) is 13.1 Å². The molecule has 1 fully saturated rings. The molecule has 22 heavy (non-hydrogen) atoms. The van der Waals surface area contributed by atoms with E-state index in [4.69, 9.17) is 0 Å². The Hall–Kier alpha value is -2.39. The zero-order valence-corrected chi connectivity index (χ0v) is 12.5. The average Bonchev–Trinajstić information content (AvgIpc) is 2.62. The Morgan fingerprint density at radius 2 is 1.36 bits per heavy atom. The monoisotopic (exact) mass is 292 g/mol. The van der Waals surface area contributed by atoms with Crippen LogP contribution in [0.25, 0.3) is 5.70 Å². The predicted octanol–water partition coefficient (Wildman–Crippen LogP) is 3.21. The molecule has 1 saturated heterocycles. The quantitative estimate of drug-likeness (QED) is 0.912. The van der Waals surface area contributed by atoms with Crippen LogP contribution in [-0.4, -0.2) is 19.0 Å². The number of hydrogen-bond donors (Lipinski definition) is 2. The van der Waals surface area contributed by atoms with Gasteiger partial charge in [-0.25, -0.2) is 0 Å². The van der Waals surface area contributed by atoms with Crippen molar-refractivity contribution in [2.24, 2.45) is 0 Å². The summed E-state index contributed by atoms with van der Waals surface area (Å²) < 4.78 is 0. The lowest BCUT2D eigenvalue weighted by atomic mass is 9.98. The van der Waals surface area contributed by atoms with Crippen LogP contribution in [0.5, 0.6) is 0 Å². The van der Waals surface area contributed by atoms with Crippen molar-refractivity contribution in [3.63, 3.8) is 0 Å². The number of carbonyl (C=O) groups excluding carboxylic acids is 1. The number of nitrogens with one attached hydrogen (secondary N) is 2. The van der Waals surface area contributed by atoms with E-state index in [9.17, 15) is 4.79 Å². The molecular formula is C19H20N2O. The van der Waals surface area contributed by atoms with Gasteiger partial charge in [0.2, 0.25) is 0 Å². The summed E-state index contributed by atoms with van der Waals surface area (Å²) in [7, 11) is 0. The summed E-state index contributed by atoms with van der Waals surface area (Å²) >= 11 is 0. The molecular weight excluding hydrogens is 272 g/mol. The Bertz CT molecular complexity index is 654. The van der Waals surface area contributed by atoms with E-state index in [1.54, 1.807) is 0 Å². The van der Waals surface area contributed by atoms with E-state index < -0.39 is 0 Å². The van der Waals surface area contributed by atoms with Crippen LogP contribution in [-0.2, 0) is 0 Å². The molecule has 0 spiro atoms. The van der Waals surface area contributed by atoms with E-state index in [2.05, 4.69) is 22.8 Å². The molecule has 1 amide bonds. The number of amides is 1. The first-order valence-electron chi connectivity index (χ1n) is 7.69. The van der Waals surface area contributed by atoms with Gasteiger partial charge in [-0.2, -0.15) is 0 Å². The van der Waals surface area contributed by atoms with Gasteiger partial charge in [0.15, 0.2) is 0 Å². The SMILES string of the molecule is O=C(NC(=C1CCNCC1)c1ccccc1)c1ccccc1. The standard InChI is InChI=1S/C19H20N2O/c22-19(17-9-5-2-6-10-17)21-18(15-7-3-1-4-8-15)16-11-13-20-14-12-16/h1-10,20H,11-14H2,(H,21,22). The lowest BCUT2D eigenvalue weighted by molar-refractivity contribution is 0.0973. The van der Waals surface area contributed by atoms with Crippen molar-refractivity contribution < 1.29 is 4.79 Å². The third-order valence-electron chi connectivity index (χ3n) is 3.90. The van der Waals surface area contributed by atoms with Gasteiger partial charge in [0, 0.05) is 11.3 Å². The fraction of sp³-hybridized carbons (Fsp3) is 0.211. The maximum Gasteiger partial charge on any atom is 0.255 e. The second-order valence-corrected chi connectivity index (χ2v) is 5.41. The van der Waals surface area contributed by atoms with E-state index in [1.165, 1.54) is 5.57 Å². The van der Waals surface area contributed by atoms with Crippen LogP contribution >= 0.6 is 0 Å². The third kappa shape index (κ3) is 3.43. The molecule has 1 aliphatic heterocycles. The molecule has 3 heteroatoms. The van der Waals surface area contributed by atoms with Crippen LogP contribution in [0.3, 0.4) is 0 Å². The van der Waals surface area contributed by atoms with E-state index in [-0.39, 0.29) is 5.91 Å². The predicted molar refractivity (Wildman–Crippen MR) is 89.4 cm³/mol. The highest BCUT2D eigenvalue weighted by Gasteiger charge is 2.15. The largest absolute Gasteiger partial charge is 0.321 e. The second kappa shape index (κ2) is 7.05. The maximum absolute atomic E-state index is 12.5. The fourth-order valence-corrected chi connectivity index (χ4v) is 2.72. The molecule has 0 aromatic heterocycles. The topological polar surface area (TPSA) is 41.1 Å². The van der Waals surface area contributed by atoms with Crippen LogP contribution in [0.4, 0.5) is 0 Å². The van der Waals surface area contributed by atoms with Gasteiger partial charge in [-0.05, 0) is 49.2 Å². The zero-order chi connectivity index (χ0) is 15.2. The molecule has 112 valence electrons. The summed E-state index contributed by atoms with van der Waals surface area (Å²) in [5, 5.41) is 6.49. The van der Waals surface area contributed by atoms with Gasteiger partial charge in [-0.3, -0.25) is 4.79 Å². The van der Waals surface area contributed by atoms with Crippen LogP contribution in [0.1, 0.15) is 28.8 Å². The lowest BCUT2D eigenvalue weighted by Crippen LogP contribution is -2.28. The Kier molecular flexibility index (Phi) is 4.66. The first-order valence-corrected chi connectivity index (χ1v) is 7.69. The minimum atomic E-state index is -0.0505. The number of hydrogen-bond acceptors (Lipinski definition) is 2. The van der Waals surface area contributed by atoms with Crippen LogP contribution in [0.15, 0.2) is 66.2 Å². The average molecular weight is 292 g/mol. The Labute approximate surface area is 131 Å². The van der Waals surface area contributed by atoms with E-state index in [0.29, 0.717) is 5.56 Å². The van der Waals surface area contributed by atoms with Crippen molar-refractivity contribution >= 4 is 11.6 Å². The van der Waals surface area contributed by atoms with Gasteiger partial charge in [-0.15, -0.1) is 0 Å². The molecule has 0 unspecified atom stereocenters. The lowest BCUT2D eigenvalue weighted by Gasteiger charge is -2.21. The third-order valence-corrected chi connectivity index (χ3v) is 3.90. The Morgan fingerprint density at radius 3 is 1.95 bits per heavy atom. The molecule has 2 aromatic rings. The Balaban J connectivity index is 1.91. The zero-order valence-electron chi connectivity index (χ0n) is 12.5. The maximum atomic E-state index is 12.5. The van der Waals surface area contributed by atoms with Crippen molar-refractivity contribution in [2.45, 2.75) is 12.8 Å². The highest BCUT2D eigenvalue weighted by atomic mass is 16.1. The van der Waals surface area contributed by atoms with Crippen molar-refractivity contribution in [1.82, 2.24) is 10.6 Å². The molecule has 0 radical (unpaired) electrons. The molecule has 2 aromatic carbocycles. The number of piperidine rings is 1. The van der Waals surface area contributed by atoms with Gasteiger partial charge in [0.1, 0.15) is 0 Å².